The molecule has 0 aromatic rings. The number of rotatable bonds is 2. The maximum absolute atomic E-state index is 11.7. The van der Waals surface area contributed by atoms with Gasteiger partial charge in [0.05, 0.1) is 18.1 Å². The van der Waals surface area contributed by atoms with Gasteiger partial charge in [-0.15, -0.1) is 0 Å². The van der Waals surface area contributed by atoms with Crippen LogP contribution in [0.25, 0.3) is 0 Å². The van der Waals surface area contributed by atoms with Crippen molar-refractivity contribution in [3.8, 4) is 0 Å². The lowest BCUT2D eigenvalue weighted by molar-refractivity contribution is 0.0430. The number of aliphatic imine (C=N–C) groups is 1. The van der Waals surface area contributed by atoms with E-state index in [1.54, 1.807) is 0 Å². The highest BCUT2D eigenvalue weighted by molar-refractivity contribution is 8.09. The summed E-state index contributed by atoms with van der Waals surface area (Å²) in [6, 6.07) is 0. The summed E-state index contributed by atoms with van der Waals surface area (Å²) < 4.78 is 28.6. The van der Waals surface area contributed by atoms with Crippen molar-refractivity contribution in [2.75, 3.05) is 32.8 Å². The maximum Gasteiger partial charge on any atom is 0.218 e. The van der Waals surface area contributed by atoms with Gasteiger partial charge in [-0.2, -0.15) is 0 Å². The Balaban J connectivity index is 2.02. The zero-order valence-electron chi connectivity index (χ0n) is 8.64. The minimum atomic E-state index is -3.24. The van der Waals surface area contributed by atoms with Gasteiger partial charge < -0.3 is 4.74 Å². The van der Waals surface area contributed by atoms with Crippen molar-refractivity contribution >= 4 is 14.9 Å². The number of hydrogen-bond donors (Lipinski definition) is 0. The second kappa shape index (κ2) is 4.03. The van der Waals surface area contributed by atoms with E-state index in [9.17, 15) is 8.42 Å². The summed E-state index contributed by atoms with van der Waals surface area (Å²) in [6.45, 7) is 4.89. The highest BCUT2D eigenvalue weighted by Gasteiger charge is 2.27. The molecule has 0 bridgehead atoms. The van der Waals surface area contributed by atoms with Crippen molar-refractivity contribution < 1.29 is 13.2 Å². The van der Waals surface area contributed by atoms with Gasteiger partial charge >= 0.3 is 0 Å². The topological polar surface area (TPSA) is 59.0 Å². The van der Waals surface area contributed by atoms with E-state index in [1.165, 1.54) is 13.1 Å². The summed E-state index contributed by atoms with van der Waals surface area (Å²) in [6.07, 6.45) is 1.46. The predicted octanol–water partition coefficient (Wildman–Crippen LogP) is 0.00680. The van der Waals surface area contributed by atoms with Crippen molar-refractivity contribution in [1.29, 1.82) is 0 Å². The molecule has 0 unspecified atom stereocenters. The van der Waals surface area contributed by atoms with E-state index in [4.69, 9.17) is 4.74 Å². The second-order valence-corrected chi connectivity index (χ2v) is 5.76. The zero-order valence-corrected chi connectivity index (χ0v) is 9.46. The van der Waals surface area contributed by atoms with Gasteiger partial charge in [0.15, 0.2) is 0 Å². The standard InChI is InChI=1S/C9H14N2O3S/c1-8-10-6-9(15(8,12)13)7-11-2-4-14-5-3-11/h6H,2-5,7H2,1H3. The summed E-state index contributed by atoms with van der Waals surface area (Å²) >= 11 is 0. The largest absolute Gasteiger partial charge is 0.379 e. The smallest absolute Gasteiger partial charge is 0.218 e. The van der Waals surface area contributed by atoms with Gasteiger partial charge in [-0.3, -0.25) is 4.90 Å². The molecule has 2 heterocycles. The molecule has 1 fully saturated rings. The fraction of sp³-hybridized carbons (Fsp3) is 0.667. The van der Waals surface area contributed by atoms with Gasteiger partial charge in [-0.25, -0.2) is 13.4 Å². The Bertz CT molecular complexity index is 405. The van der Waals surface area contributed by atoms with Crippen LogP contribution in [0, 0.1) is 0 Å². The fourth-order valence-corrected chi connectivity index (χ4v) is 2.71. The molecule has 0 saturated carbocycles. The third-order valence-electron chi connectivity index (χ3n) is 2.61. The zero-order chi connectivity index (χ0) is 10.9. The van der Waals surface area contributed by atoms with E-state index in [-0.39, 0.29) is 5.04 Å². The first-order chi connectivity index (χ1) is 7.10. The molecule has 6 heteroatoms. The lowest BCUT2D eigenvalue weighted by Gasteiger charge is -2.26. The van der Waals surface area contributed by atoms with Crippen LogP contribution in [0.15, 0.2) is 16.1 Å². The molecule has 0 radical (unpaired) electrons. The van der Waals surface area contributed by atoms with E-state index < -0.39 is 9.84 Å². The Morgan fingerprint density at radius 3 is 2.67 bits per heavy atom. The van der Waals surface area contributed by atoms with E-state index in [0.717, 1.165) is 13.1 Å². The molecular weight excluding hydrogens is 216 g/mol. The highest BCUT2D eigenvalue weighted by Crippen LogP contribution is 2.18. The first-order valence-electron chi connectivity index (χ1n) is 4.89. The summed E-state index contributed by atoms with van der Waals surface area (Å²) in [5, 5.41) is 0.200. The lowest BCUT2D eigenvalue weighted by Crippen LogP contribution is -2.38. The molecule has 15 heavy (non-hydrogen) atoms. The van der Waals surface area contributed by atoms with Crippen LogP contribution in [-0.4, -0.2) is 51.2 Å². The summed E-state index contributed by atoms with van der Waals surface area (Å²) in [4.78, 5) is 6.32. The Labute approximate surface area is 89.4 Å². The van der Waals surface area contributed by atoms with E-state index in [1.807, 2.05) is 0 Å². The number of morpholine rings is 1. The van der Waals surface area contributed by atoms with Crippen LogP contribution >= 0.6 is 0 Å². The molecule has 0 spiro atoms. The molecule has 0 aromatic carbocycles. The van der Waals surface area contributed by atoms with Gasteiger partial charge in [0.25, 0.3) is 0 Å². The second-order valence-electron chi connectivity index (χ2n) is 3.64. The number of hydrogen-bond acceptors (Lipinski definition) is 5. The quantitative estimate of drug-likeness (QED) is 0.670. The van der Waals surface area contributed by atoms with E-state index >= 15 is 0 Å². The molecule has 84 valence electrons. The average molecular weight is 230 g/mol. The van der Waals surface area contributed by atoms with Crippen LogP contribution in [-0.2, 0) is 14.6 Å². The van der Waals surface area contributed by atoms with Crippen molar-refractivity contribution in [2.24, 2.45) is 4.99 Å². The van der Waals surface area contributed by atoms with Gasteiger partial charge in [-0.1, -0.05) is 0 Å². The molecule has 0 N–H and O–H groups in total. The van der Waals surface area contributed by atoms with Crippen molar-refractivity contribution in [1.82, 2.24) is 4.90 Å². The molecule has 0 amide bonds. The molecule has 2 aliphatic heterocycles. The number of ether oxygens (including phenoxy) is 1. The fourth-order valence-electron chi connectivity index (χ4n) is 1.60. The predicted molar refractivity (Wildman–Crippen MR) is 57.4 cm³/mol. The van der Waals surface area contributed by atoms with Crippen LogP contribution in [0.1, 0.15) is 6.92 Å². The Hall–Kier alpha value is -0.720. The first kappa shape index (κ1) is 10.8. The highest BCUT2D eigenvalue weighted by atomic mass is 32.2. The maximum atomic E-state index is 11.7. The van der Waals surface area contributed by atoms with Crippen molar-refractivity contribution in [2.45, 2.75) is 6.92 Å². The minimum absolute atomic E-state index is 0.200. The van der Waals surface area contributed by atoms with E-state index in [0.29, 0.717) is 24.7 Å². The van der Waals surface area contributed by atoms with Crippen LogP contribution < -0.4 is 0 Å². The molecule has 2 rings (SSSR count). The van der Waals surface area contributed by atoms with Crippen LogP contribution in [0.5, 0.6) is 0 Å². The van der Waals surface area contributed by atoms with E-state index in [2.05, 4.69) is 9.89 Å². The molecule has 2 aliphatic rings. The first-order valence-corrected chi connectivity index (χ1v) is 6.37. The van der Waals surface area contributed by atoms with Crippen LogP contribution in [0.4, 0.5) is 0 Å². The van der Waals surface area contributed by atoms with Gasteiger partial charge in [0.2, 0.25) is 9.84 Å². The normalized spacial score (nSPS) is 26.2. The summed E-state index contributed by atoms with van der Waals surface area (Å²) in [5.41, 5.74) is 0. The van der Waals surface area contributed by atoms with Crippen molar-refractivity contribution in [3.63, 3.8) is 0 Å². The third kappa shape index (κ3) is 2.11. The van der Waals surface area contributed by atoms with Gasteiger partial charge in [0.1, 0.15) is 5.04 Å². The Morgan fingerprint density at radius 2 is 2.13 bits per heavy atom. The number of nitrogens with zero attached hydrogens (tertiary/aromatic N) is 2. The third-order valence-corrected chi connectivity index (χ3v) is 4.42. The Kier molecular flexibility index (Phi) is 2.90. The number of sulfone groups is 1. The van der Waals surface area contributed by atoms with Gasteiger partial charge in [0, 0.05) is 25.8 Å². The monoisotopic (exact) mass is 230 g/mol. The summed E-state index contributed by atoms with van der Waals surface area (Å²) in [7, 11) is -3.24. The summed E-state index contributed by atoms with van der Waals surface area (Å²) in [5.74, 6) is 0. The van der Waals surface area contributed by atoms with Crippen molar-refractivity contribution in [3.05, 3.63) is 11.1 Å². The SMILES string of the molecule is CC1=NC=C(CN2CCOCC2)S1(=O)=O. The average Bonchev–Trinajstić information content (AvgIpc) is 2.47. The lowest BCUT2D eigenvalue weighted by atomic mass is 10.4. The molecule has 0 atom stereocenters. The molecular formula is C9H14N2O3S. The minimum Gasteiger partial charge on any atom is -0.379 e. The van der Waals surface area contributed by atoms with Crippen LogP contribution in [0.3, 0.4) is 0 Å². The Morgan fingerprint density at radius 1 is 1.47 bits per heavy atom. The van der Waals surface area contributed by atoms with Gasteiger partial charge in [-0.05, 0) is 6.92 Å². The molecule has 1 saturated heterocycles. The molecule has 0 aliphatic carbocycles. The molecule has 0 aromatic heterocycles. The molecule has 5 nitrogen and oxygen atoms in total. The van der Waals surface area contributed by atoms with Crippen LogP contribution in [0.2, 0.25) is 0 Å².